The van der Waals surface area contributed by atoms with E-state index < -0.39 is 12.0 Å². The van der Waals surface area contributed by atoms with E-state index in [1.165, 1.54) is 4.90 Å². The van der Waals surface area contributed by atoms with Crippen molar-refractivity contribution in [2.75, 3.05) is 11.1 Å². The van der Waals surface area contributed by atoms with Gasteiger partial charge in [-0.1, -0.05) is 12.1 Å². The van der Waals surface area contributed by atoms with E-state index in [0.29, 0.717) is 11.7 Å². The van der Waals surface area contributed by atoms with E-state index in [1.807, 2.05) is 24.3 Å². The fraction of sp³-hybridized carbons (Fsp3) is 0.429. The molecule has 2 fully saturated rings. The molecule has 0 aromatic heterocycles. The van der Waals surface area contributed by atoms with Crippen LogP contribution in [0.1, 0.15) is 12.8 Å². The quantitative estimate of drug-likeness (QED) is 0.741. The number of halogens is 1. The molecule has 1 saturated carbocycles. The van der Waals surface area contributed by atoms with Crippen molar-refractivity contribution in [2.45, 2.75) is 24.3 Å². The summed E-state index contributed by atoms with van der Waals surface area (Å²) in [5.41, 5.74) is 0.721. The molecule has 3 rings (SSSR count). The summed E-state index contributed by atoms with van der Waals surface area (Å²) in [6.45, 7) is 0. The Balaban J connectivity index is 1.79. The molecule has 2 atom stereocenters. The number of carbonyl (C=O) groups is 2. The molecule has 1 heterocycles. The first kappa shape index (κ1) is 15.0. The van der Waals surface area contributed by atoms with E-state index >= 15 is 0 Å². The van der Waals surface area contributed by atoms with E-state index in [-0.39, 0.29) is 11.4 Å². The van der Waals surface area contributed by atoms with Crippen LogP contribution in [-0.2, 0) is 4.79 Å². The van der Waals surface area contributed by atoms with E-state index in [4.69, 9.17) is 0 Å². The van der Waals surface area contributed by atoms with Gasteiger partial charge in [0.15, 0.2) is 0 Å². The van der Waals surface area contributed by atoms with E-state index in [9.17, 15) is 14.7 Å². The molecule has 1 aromatic rings. The zero-order chi connectivity index (χ0) is 15.0. The van der Waals surface area contributed by atoms with Crippen LogP contribution >= 0.6 is 34.4 Å². The summed E-state index contributed by atoms with van der Waals surface area (Å²) in [7, 11) is 0. The maximum absolute atomic E-state index is 12.6. The Bertz CT molecular complexity index is 579. The van der Waals surface area contributed by atoms with Crippen molar-refractivity contribution in [3.8, 4) is 0 Å². The van der Waals surface area contributed by atoms with Gasteiger partial charge in [-0.2, -0.15) is 0 Å². The van der Waals surface area contributed by atoms with E-state index in [1.54, 1.807) is 11.8 Å². The summed E-state index contributed by atoms with van der Waals surface area (Å²) in [5, 5.41) is 12.2. The second-order valence-electron chi connectivity index (χ2n) is 5.23. The van der Waals surface area contributed by atoms with E-state index in [0.717, 1.165) is 22.1 Å². The zero-order valence-corrected chi connectivity index (χ0v) is 14.1. The minimum atomic E-state index is -0.927. The Hall–Kier alpha value is -0.960. The predicted octanol–water partition coefficient (Wildman–Crippen LogP) is 3.06. The number of benzene rings is 1. The molecule has 2 aliphatic rings. The van der Waals surface area contributed by atoms with Crippen molar-refractivity contribution in [2.24, 2.45) is 5.92 Å². The lowest BCUT2D eigenvalue weighted by molar-refractivity contribution is -0.141. The Morgan fingerprint density at radius 1 is 1.33 bits per heavy atom. The molecule has 1 aliphatic carbocycles. The molecular weight excluding hydrogens is 403 g/mol. The van der Waals surface area contributed by atoms with Crippen molar-refractivity contribution in [3.63, 3.8) is 0 Å². The number of amides is 2. The Labute approximate surface area is 140 Å². The average molecular weight is 418 g/mol. The number of hydrogen-bond donors (Lipinski definition) is 2. The number of aliphatic carboxylic acids is 1. The number of carbonyl (C=O) groups excluding carboxylic acids is 1. The lowest BCUT2D eigenvalue weighted by Crippen LogP contribution is -2.48. The molecule has 21 heavy (non-hydrogen) atoms. The molecule has 1 aromatic carbocycles. The van der Waals surface area contributed by atoms with Crippen LogP contribution in [0, 0.1) is 9.49 Å². The summed E-state index contributed by atoms with van der Waals surface area (Å²) in [6.07, 6.45) is 2.16. The molecule has 1 saturated heterocycles. The van der Waals surface area contributed by atoms with E-state index in [2.05, 4.69) is 27.9 Å². The third-order valence-electron chi connectivity index (χ3n) is 3.70. The number of para-hydroxylation sites is 1. The third-order valence-corrected chi connectivity index (χ3v) is 6.10. The van der Waals surface area contributed by atoms with Gasteiger partial charge >= 0.3 is 12.0 Å². The minimum absolute atomic E-state index is 0.00697. The molecule has 2 N–H and O–H groups in total. The van der Waals surface area contributed by atoms with Crippen molar-refractivity contribution >= 4 is 52.0 Å². The van der Waals surface area contributed by atoms with Gasteiger partial charge < -0.3 is 10.4 Å². The average Bonchev–Trinajstić information content (AvgIpc) is 3.19. The predicted molar refractivity (Wildman–Crippen MR) is 90.4 cm³/mol. The lowest BCUT2D eigenvalue weighted by atomic mass is 10.2. The molecule has 7 heteroatoms. The highest BCUT2D eigenvalue weighted by molar-refractivity contribution is 14.1. The molecule has 112 valence electrons. The van der Waals surface area contributed by atoms with Gasteiger partial charge in [-0.25, -0.2) is 9.59 Å². The number of hydrogen-bond acceptors (Lipinski definition) is 3. The number of nitrogens with one attached hydrogen (secondary N) is 1. The van der Waals surface area contributed by atoms with Crippen LogP contribution in [0.2, 0.25) is 0 Å². The molecule has 2 unspecified atom stereocenters. The largest absolute Gasteiger partial charge is 0.480 e. The van der Waals surface area contributed by atoms with Crippen molar-refractivity contribution < 1.29 is 14.7 Å². The number of carboxylic acids is 1. The van der Waals surface area contributed by atoms with Crippen LogP contribution in [0.3, 0.4) is 0 Å². The zero-order valence-electron chi connectivity index (χ0n) is 11.2. The summed E-state index contributed by atoms with van der Waals surface area (Å²) in [6, 6.07) is 6.43. The monoisotopic (exact) mass is 418 g/mol. The first-order valence-corrected chi connectivity index (χ1v) is 8.89. The topological polar surface area (TPSA) is 69.6 Å². The van der Waals surface area contributed by atoms with Crippen LogP contribution in [0.5, 0.6) is 0 Å². The van der Waals surface area contributed by atoms with Crippen molar-refractivity contribution in [3.05, 3.63) is 27.8 Å². The minimum Gasteiger partial charge on any atom is -0.480 e. The molecule has 0 spiro atoms. The first-order chi connectivity index (χ1) is 10.1. The number of urea groups is 1. The Morgan fingerprint density at radius 2 is 2.05 bits per heavy atom. The molecule has 1 aliphatic heterocycles. The Kier molecular flexibility index (Phi) is 4.30. The van der Waals surface area contributed by atoms with Gasteiger partial charge in [0.25, 0.3) is 0 Å². The first-order valence-electron chi connectivity index (χ1n) is 6.76. The molecule has 0 radical (unpaired) electrons. The highest BCUT2D eigenvalue weighted by atomic mass is 127. The van der Waals surface area contributed by atoms with Gasteiger partial charge in [-0.3, -0.25) is 4.90 Å². The standard InChI is InChI=1S/C14H15IN2O3S/c15-9-3-1-2-4-10(9)16-14(20)17-11(13(18)19)7-21-12(17)8-5-6-8/h1-4,8,11-12H,5-7H2,(H,16,20)(H,18,19). The maximum Gasteiger partial charge on any atom is 0.327 e. The number of carboxylic acid groups (broad SMARTS) is 1. The third kappa shape index (κ3) is 3.13. The summed E-state index contributed by atoms with van der Waals surface area (Å²) in [4.78, 5) is 25.5. The fourth-order valence-corrected chi connectivity index (χ4v) is 4.61. The normalized spacial score (nSPS) is 24.9. The second kappa shape index (κ2) is 6.04. The van der Waals surface area contributed by atoms with Gasteiger partial charge in [0.1, 0.15) is 6.04 Å². The Morgan fingerprint density at radius 3 is 2.67 bits per heavy atom. The second-order valence-corrected chi connectivity index (χ2v) is 7.54. The number of nitrogens with zero attached hydrogens (tertiary/aromatic N) is 1. The highest BCUT2D eigenvalue weighted by Gasteiger charge is 2.48. The van der Waals surface area contributed by atoms with Crippen LogP contribution < -0.4 is 5.32 Å². The fourth-order valence-electron chi connectivity index (χ4n) is 2.46. The maximum atomic E-state index is 12.6. The van der Waals surface area contributed by atoms with Gasteiger partial charge in [0.05, 0.1) is 11.1 Å². The summed E-state index contributed by atoms with van der Waals surface area (Å²) < 4.78 is 0.935. The lowest BCUT2D eigenvalue weighted by Gasteiger charge is -2.27. The molecule has 5 nitrogen and oxygen atoms in total. The molecule has 0 bridgehead atoms. The van der Waals surface area contributed by atoms with Gasteiger partial charge in [-0.15, -0.1) is 11.8 Å². The van der Waals surface area contributed by atoms with Crippen molar-refractivity contribution in [1.82, 2.24) is 4.90 Å². The van der Waals surface area contributed by atoms with Crippen LogP contribution in [0.4, 0.5) is 10.5 Å². The van der Waals surface area contributed by atoms with Crippen molar-refractivity contribution in [1.29, 1.82) is 0 Å². The smallest absolute Gasteiger partial charge is 0.327 e. The number of rotatable bonds is 3. The van der Waals surface area contributed by atoms with Gasteiger partial charge in [0, 0.05) is 9.32 Å². The summed E-state index contributed by atoms with van der Waals surface area (Å²) >= 11 is 3.73. The van der Waals surface area contributed by atoms with Gasteiger partial charge in [0.2, 0.25) is 0 Å². The van der Waals surface area contributed by atoms with Crippen LogP contribution in [0.15, 0.2) is 24.3 Å². The number of anilines is 1. The van der Waals surface area contributed by atoms with Gasteiger partial charge in [-0.05, 0) is 53.5 Å². The van der Waals surface area contributed by atoms with Crippen LogP contribution in [-0.4, -0.2) is 39.2 Å². The summed E-state index contributed by atoms with van der Waals surface area (Å²) in [5.74, 6) is -0.0148. The highest BCUT2D eigenvalue weighted by Crippen LogP contribution is 2.45. The number of thioether (sulfide) groups is 1. The molecule has 2 amide bonds. The SMILES string of the molecule is O=C(O)C1CSC(C2CC2)N1C(=O)Nc1ccccc1I. The van der Waals surface area contributed by atoms with Crippen LogP contribution in [0.25, 0.3) is 0 Å². The molecular formula is C14H15IN2O3S.